The number of ether oxygens (including phenoxy) is 1. The van der Waals surface area contributed by atoms with Gasteiger partial charge in [-0.2, -0.15) is 0 Å². The number of carbonyl (C=O) groups excluding carboxylic acids is 1. The van der Waals surface area contributed by atoms with Gasteiger partial charge in [0, 0.05) is 12.0 Å². The van der Waals surface area contributed by atoms with Gasteiger partial charge in [0.25, 0.3) is 0 Å². The molecule has 0 N–H and O–H groups in total. The van der Waals surface area contributed by atoms with E-state index in [0.29, 0.717) is 6.54 Å². The zero-order valence-electron chi connectivity index (χ0n) is 18.1. The zero-order valence-corrected chi connectivity index (χ0v) is 18.1. The van der Waals surface area contributed by atoms with E-state index >= 15 is 0 Å². The summed E-state index contributed by atoms with van der Waals surface area (Å²) in [7, 11) is -0.410. The summed E-state index contributed by atoms with van der Waals surface area (Å²) >= 11 is 0. The first-order chi connectivity index (χ1) is 12.1. The van der Waals surface area contributed by atoms with Gasteiger partial charge in [-0.25, -0.2) is 4.79 Å². The normalized spacial score (nSPS) is 22.7. The molecule has 148 valence electrons. The van der Waals surface area contributed by atoms with E-state index in [4.69, 9.17) is 14.0 Å². The molecule has 1 fully saturated rings. The Balaban J connectivity index is 1.92. The number of benzene rings is 1. The van der Waals surface area contributed by atoms with E-state index < -0.39 is 12.7 Å². The van der Waals surface area contributed by atoms with E-state index in [1.807, 2.05) is 32.9 Å². The van der Waals surface area contributed by atoms with Crippen LogP contribution in [-0.4, -0.2) is 36.6 Å². The molecular weight excluding hydrogens is 341 g/mol. The molecule has 0 atom stereocenters. The van der Waals surface area contributed by atoms with Gasteiger partial charge < -0.3 is 14.0 Å². The number of hydrogen-bond donors (Lipinski definition) is 0. The van der Waals surface area contributed by atoms with E-state index in [1.165, 1.54) is 0 Å². The average molecular weight is 373 g/mol. The number of nitrogens with zero attached hydrogens (tertiary/aromatic N) is 1. The number of fused-ring (bicyclic) bond motifs is 1. The van der Waals surface area contributed by atoms with Crippen molar-refractivity contribution in [2.45, 2.75) is 84.5 Å². The van der Waals surface area contributed by atoms with Crippen LogP contribution in [0.1, 0.15) is 67.9 Å². The minimum atomic E-state index is -0.521. The van der Waals surface area contributed by atoms with Crippen molar-refractivity contribution < 1.29 is 18.8 Å². The van der Waals surface area contributed by atoms with Gasteiger partial charge in [-0.3, -0.25) is 4.90 Å². The van der Waals surface area contributed by atoms with Crippen LogP contribution in [0.15, 0.2) is 18.2 Å². The summed E-state index contributed by atoms with van der Waals surface area (Å²) in [5.74, 6) is 0. The molecule has 0 spiro atoms. The molecule has 0 radical (unpaired) electrons. The summed E-state index contributed by atoms with van der Waals surface area (Å²) in [5, 5.41) is 0. The summed E-state index contributed by atoms with van der Waals surface area (Å²) < 4.78 is 18.0. The molecular formula is C21H32BNO4. The van der Waals surface area contributed by atoms with Crippen molar-refractivity contribution in [1.29, 1.82) is 0 Å². The second kappa shape index (κ2) is 5.98. The molecule has 1 amide bonds. The molecule has 2 heterocycles. The molecule has 27 heavy (non-hydrogen) atoms. The molecule has 0 aromatic heterocycles. The van der Waals surface area contributed by atoms with Gasteiger partial charge in [0.2, 0.25) is 0 Å². The first kappa shape index (κ1) is 20.2. The van der Waals surface area contributed by atoms with Crippen LogP contribution < -0.4 is 10.4 Å². The Hall–Kier alpha value is -1.53. The Morgan fingerprint density at radius 1 is 1.07 bits per heavy atom. The fourth-order valence-electron chi connectivity index (χ4n) is 3.50. The van der Waals surface area contributed by atoms with Crippen LogP contribution in [0.2, 0.25) is 0 Å². The van der Waals surface area contributed by atoms with Crippen LogP contribution in [-0.2, 0) is 19.5 Å². The lowest BCUT2D eigenvalue weighted by molar-refractivity contribution is 0.00578. The van der Waals surface area contributed by atoms with Crippen molar-refractivity contribution in [3.63, 3.8) is 0 Å². The lowest BCUT2D eigenvalue weighted by atomic mass is 9.75. The SMILES string of the molecule is CC(C)(C)OC(=O)N1CC(C)(C)c2cc(B3OC(C)(C)C(C)(C)O3)ccc21. The second-order valence-electron chi connectivity index (χ2n) is 10.3. The second-order valence-corrected chi connectivity index (χ2v) is 10.3. The Morgan fingerprint density at radius 2 is 1.63 bits per heavy atom. The highest BCUT2D eigenvalue weighted by atomic mass is 16.7. The van der Waals surface area contributed by atoms with E-state index in [2.05, 4.69) is 47.6 Å². The maximum Gasteiger partial charge on any atom is 0.494 e. The minimum absolute atomic E-state index is 0.175. The lowest BCUT2D eigenvalue weighted by Crippen LogP contribution is -2.41. The quantitative estimate of drug-likeness (QED) is 0.698. The minimum Gasteiger partial charge on any atom is -0.443 e. The third-order valence-corrected chi connectivity index (χ3v) is 5.73. The third-order valence-electron chi connectivity index (χ3n) is 5.73. The molecule has 1 saturated heterocycles. The maximum atomic E-state index is 12.7. The first-order valence-electron chi connectivity index (χ1n) is 9.64. The highest BCUT2D eigenvalue weighted by molar-refractivity contribution is 6.62. The van der Waals surface area contributed by atoms with E-state index in [1.54, 1.807) is 4.90 Å². The Bertz CT molecular complexity index is 748. The molecule has 2 aliphatic rings. The van der Waals surface area contributed by atoms with Crippen LogP contribution in [0.5, 0.6) is 0 Å². The van der Waals surface area contributed by atoms with Crippen LogP contribution in [0.25, 0.3) is 0 Å². The monoisotopic (exact) mass is 373 g/mol. The summed E-state index contributed by atoms with van der Waals surface area (Å²) in [4.78, 5) is 14.4. The van der Waals surface area contributed by atoms with Crippen molar-refractivity contribution in [3.8, 4) is 0 Å². The van der Waals surface area contributed by atoms with Gasteiger partial charge in [-0.05, 0) is 65.6 Å². The van der Waals surface area contributed by atoms with Crippen molar-refractivity contribution in [1.82, 2.24) is 0 Å². The van der Waals surface area contributed by atoms with Gasteiger partial charge in [0.05, 0.1) is 16.9 Å². The number of carbonyl (C=O) groups is 1. The van der Waals surface area contributed by atoms with E-state index in [-0.39, 0.29) is 22.7 Å². The predicted octanol–water partition coefficient (Wildman–Crippen LogP) is 4.02. The number of anilines is 1. The van der Waals surface area contributed by atoms with Crippen LogP contribution in [0, 0.1) is 0 Å². The van der Waals surface area contributed by atoms with Crippen molar-refractivity contribution in [3.05, 3.63) is 23.8 Å². The van der Waals surface area contributed by atoms with Gasteiger partial charge in [0.1, 0.15) is 5.60 Å². The fraction of sp³-hybridized carbons (Fsp3) is 0.667. The molecule has 1 aromatic rings. The van der Waals surface area contributed by atoms with Gasteiger partial charge >= 0.3 is 13.2 Å². The van der Waals surface area contributed by atoms with Gasteiger partial charge in [0.15, 0.2) is 0 Å². The third kappa shape index (κ3) is 3.62. The zero-order chi connectivity index (χ0) is 20.4. The molecule has 0 aliphatic carbocycles. The highest BCUT2D eigenvalue weighted by Crippen LogP contribution is 2.42. The summed E-state index contributed by atoms with van der Waals surface area (Å²) in [6.45, 7) is 18.7. The molecule has 1 aromatic carbocycles. The number of rotatable bonds is 1. The topological polar surface area (TPSA) is 48.0 Å². The number of amides is 1. The molecule has 0 saturated carbocycles. The van der Waals surface area contributed by atoms with Crippen LogP contribution in [0.3, 0.4) is 0 Å². The van der Waals surface area contributed by atoms with Crippen LogP contribution >= 0.6 is 0 Å². The Labute approximate surface area is 163 Å². The van der Waals surface area contributed by atoms with E-state index in [0.717, 1.165) is 16.7 Å². The standard InChI is InChI=1S/C21H32BNO4/c1-18(2,3)25-17(24)23-13-19(4,5)15-12-14(10-11-16(15)23)22-26-20(6,7)21(8,9)27-22/h10-12H,13H2,1-9H3. The molecule has 0 bridgehead atoms. The molecule has 6 heteroatoms. The van der Waals surface area contributed by atoms with Crippen LogP contribution in [0.4, 0.5) is 10.5 Å². The predicted molar refractivity (Wildman–Crippen MR) is 109 cm³/mol. The Morgan fingerprint density at radius 3 is 2.15 bits per heavy atom. The molecule has 0 unspecified atom stereocenters. The average Bonchev–Trinajstić information content (AvgIpc) is 2.87. The maximum absolute atomic E-state index is 12.7. The van der Waals surface area contributed by atoms with Gasteiger partial charge in [-0.15, -0.1) is 0 Å². The lowest BCUT2D eigenvalue weighted by Gasteiger charge is -2.32. The van der Waals surface area contributed by atoms with E-state index in [9.17, 15) is 4.79 Å². The van der Waals surface area contributed by atoms with Gasteiger partial charge in [-0.1, -0.05) is 26.0 Å². The van der Waals surface area contributed by atoms with Crippen molar-refractivity contribution in [2.75, 3.05) is 11.4 Å². The molecule has 3 rings (SSSR count). The Kier molecular flexibility index (Phi) is 4.48. The smallest absolute Gasteiger partial charge is 0.443 e. The summed E-state index contributed by atoms with van der Waals surface area (Å²) in [6.07, 6.45) is -0.308. The van der Waals surface area contributed by atoms with Crippen molar-refractivity contribution >= 4 is 24.4 Å². The largest absolute Gasteiger partial charge is 0.494 e. The first-order valence-corrected chi connectivity index (χ1v) is 9.64. The summed E-state index contributed by atoms with van der Waals surface area (Å²) in [6, 6.07) is 6.08. The molecule has 2 aliphatic heterocycles. The molecule has 5 nitrogen and oxygen atoms in total. The van der Waals surface area contributed by atoms with Crippen molar-refractivity contribution in [2.24, 2.45) is 0 Å². The number of hydrogen-bond acceptors (Lipinski definition) is 4. The highest BCUT2D eigenvalue weighted by Gasteiger charge is 2.52. The fourth-order valence-corrected chi connectivity index (χ4v) is 3.50. The summed E-state index contributed by atoms with van der Waals surface area (Å²) in [5.41, 5.74) is 1.53.